The van der Waals surface area contributed by atoms with E-state index in [0.29, 0.717) is 21.9 Å². The molecule has 0 aliphatic heterocycles. The maximum atomic E-state index is 12.6. The highest BCUT2D eigenvalue weighted by Crippen LogP contribution is 2.33. The lowest BCUT2D eigenvalue weighted by molar-refractivity contribution is -0.385. The smallest absolute Gasteiger partial charge is 0.269 e. The minimum atomic E-state index is -0.529. The van der Waals surface area contributed by atoms with E-state index in [1.807, 2.05) is 6.07 Å². The summed E-state index contributed by atoms with van der Waals surface area (Å²) in [5, 5.41) is 27.9. The van der Waals surface area contributed by atoms with Gasteiger partial charge >= 0.3 is 0 Å². The number of aromatic nitrogens is 1. The van der Waals surface area contributed by atoms with Crippen molar-refractivity contribution in [3.63, 3.8) is 0 Å². The molecule has 0 aliphatic carbocycles. The fraction of sp³-hybridized carbons (Fsp3) is 0. The number of nitrogens with zero attached hydrogens (tertiary/aromatic N) is 3. The molecule has 11 nitrogen and oxygen atoms in total. The number of benzene rings is 4. The maximum absolute atomic E-state index is 12.6. The zero-order chi connectivity index (χ0) is 27.5. The summed E-state index contributed by atoms with van der Waals surface area (Å²) in [5.74, 6) is -0.801. The van der Waals surface area contributed by atoms with Crippen LogP contribution in [0.4, 0.5) is 22.7 Å². The average Bonchev–Trinajstić information content (AvgIpc) is 3.37. The number of nitrogens with one attached hydrogen (secondary N) is 2. The van der Waals surface area contributed by atoms with Crippen LogP contribution in [0.2, 0.25) is 0 Å². The molecule has 0 unspecified atom stereocenters. The normalized spacial score (nSPS) is 10.7. The van der Waals surface area contributed by atoms with Gasteiger partial charge in [0.1, 0.15) is 5.01 Å². The van der Waals surface area contributed by atoms with Crippen LogP contribution in [0.25, 0.3) is 20.8 Å². The molecule has 0 bridgehead atoms. The summed E-state index contributed by atoms with van der Waals surface area (Å²) >= 11 is 1.41. The number of fused-ring (bicyclic) bond motifs is 1. The largest absolute Gasteiger partial charge is 0.322 e. The van der Waals surface area contributed by atoms with E-state index in [4.69, 9.17) is 0 Å². The van der Waals surface area contributed by atoms with E-state index in [1.54, 1.807) is 36.4 Å². The molecule has 0 fully saturated rings. The first kappa shape index (κ1) is 25.2. The van der Waals surface area contributed by atoms with Gasteiger partial charge in [-0.1, -0.05) is 12.1 Å². The van der Waals surface area contributed by atoms with Crippen LogP contribution >= 0.6 is 11.3 Å². The van der Waals surface area contributed by atoms with Crippen molar-refractivity contribution in [2.24, 2.45) is 0 Å². The third kappa shape index (κ3) is 5.60. The van der Waals surface area contributed by atoms with Crippen LogP contribution in [0.3, 0.4) is 0 Å². The number of nitro groups is 2. The number of carbonyl (C=O) groups excluding carboxylic acids is 2. The van der Waals surface area contributed by atoms with E-state index in [2.05, 4.69) is 15.6 Å². The van der Waals surface area contributed by atoms with E-state index in [0.717, 1.165) is 15.8 Å². The number of non-ortho nitro benzene ring substituents is 2. The quantitative estimate of drug-likeness (QED) is 0.182. The lowest BCUT2D eigenvalue weighted by Crippen LogP contribution is -2.11. The van der Waals surface area contributed by atoms with Crippen LogP contribution in [0.5, 0.6) is 0 Å². The predicted molar refractivity (Wildman–Crippen MR) is 147 cm³/mol. The SMILES string of the molecule is O=C(Nc1cccc(-c2nc3ccc(NC(=O)c4ccc([N+](=O)[O-])cc4)cc3s2)c1)c1ccc([N+](=O)[O-])cc1. The first-order valence-electron chi connectivity index (χ1n) is 11.4. The molecule has 4 aromatic carbocycles. The Morgan fingerprint density at radius 3 is 1.77 bits per heavy atom. The molecule has 0 spiro atoms. The third-order valence-electron chi connectivity index (χ3n) is 5.69. The van der Waals surface area contributed by atoms with Crippen molar-refractivity contribution in [1.29, 1.82) is 0 Å². The Morgan fingerprint density at radius 2 is 1.23 bits per heavy atom. The van der Waals surface area contributed by atoms with Crippen LogP contribution in [0.15, 0.2) is 91.0 Å². The number of thiazole rings is 1. The molecule has 12 heteroatoms. The van der Waals surface area contributed by atoms with Gasteiger partial charge in [-0.2, -0.15) is 0 Å². The highest BCUT2D eigenvalue weighted by Gasteiger charge is 2.13. The van der Waals surface area contributed by atoms with Gasteiger partial charge in [0.25, 0.3) is 23.2 Å². The van der Waals surface area contributed by atoms with Crippen LogP contribution in [-0.2, 0) is 0 Å². The Hall–Kier alpha value is -5.49. The summed E-state index contributed by atoms with van der Waals surface area (Å²) in [6, 6.07) is 23.1. The second kappa shape index (κ2) is 10.5. The standard InChI is InChI=1S/C27H17N5O6S/c33-25(16-4-9-21(10-5-16)31(35)36)28-19-3-1-2-18(14-19)27-30-23-13-8-20(15-24(23)39-27)29-26(34)17-6-11-22(12-7-17)32(37)38/h1-15H,(H,28,33)(H,29,34). The molecule has 5 aromatic rings. The lowest BCUT2D eigenvalue weighted by atomic mass is 10.1. The van der Waals surface area contributed by atoms with E-state index >= 15 is 0 Å². The van der Waals surface area contributed by atoms with Crippen molar-refractivity contribution in [3.8, 4) is 10.6 Å². The number of anilines is 2. The van der Waals surface area contributed by atoms with Gasteiger partial charge in [-0.3, -0.25) is 29.8 Å². The van der Waals surface area contributed by atoms with Gasteiger partial charge in [0.05, 0.1) is 20.1 Å². The Balaban J connectivity index is 1.31. The van der Waals surface area contributed by atoms with Crippen molar-refractivity contribution in [1.82, 2.24) is 4.98 Å². The Labute approximate surface area is 224 Å². The van der Waals surface area contributed by atoms with Crippen LogP contribution in [0.1, 0.15) is 20.7 Å². The first-order chi connectivity index (χ1) is 18.8. The Kier molecular flexibility index (Phi) is 6.76. The zero-order valence-corrected chi connectivity index (χ0v) is 20.7. The van der Waals surface area contributed by atoms with Gasteiger partial charge in [-0.15, -0.1) is 11.3 Å². The minimum Gasteiger partial charge on any atom is -0.322 e. The Morgan fingerprint density at radius 1 is 0.692 bits per heavy atom. The molecule has 1 heterocycles. The zero-order valence-electron chi connectivity index (χ0n) is 19.9. The van der Waals surface area contributed by atoms with Crippen molar-refractivity contribution >= 4 is 56.1 Å². The fourth-order valence-electron chi connectivity index (χ4n) is 3.73. The van der Waals surface area contributed by atoms with Gasteiger partial charge in [0, 0.05) is 52.3 Å². The number of nitro benzene ring substituents is 2. The van der Waals surface area contributed by atoms with Gasteiger partial charge in [0.2, 0.25) is 0 Å². The van der Waals surface area contributed by atoms with Gasteiger partial charge in [-0.25, -0.2) is 4.98 Å². The van der Waals surface area contributed by atoms with Crippen LogP contribution in [0, 0.1) is 20.2 Å². The fourth-order valence-corrected chi connectivity index (χ4v) is 4.73. The van der Waals surface area contributed by atoms with E-state index in [9.17, 15) is 29.8 Å². The molecule has 0 aliphatic rings. The van der Waals surface area contributed by atoms with Gasteiger partial charge < -0.3 is 10.6 Å². The third-order valence-corrected chi connectivity index (χ3v) is 6.76. The lowest BCUT2D eigenvalue weighted by Gasteiger charge is -2.06. The molecular formula is C27H17N5O6S. The molecule has 0 radical (unpaired) electrons. The molecule has 1 aromatic heterocycles. The average molecular weight is 540 g/mol. The van der Waals surface area contributed by atoms with Crippen molar-refractivity contribution in [3.05, 3.63) is 122 Å². The molecule has 39 heavy (non-hydrogen) atoms. The number of hydrogen-bond acceptors (Lipinski definition) is 8. The maximum Gasteiger partial charge on any atom is 0.269 e. The summed E-state index contributed by atoms with van der Waals surface area (Å²) in [6.45, 7) is 0. The van der Waals surface area contributed by atoms with Crippen molar-refractivity contribution < 1.29 is 19.4 Å². The van der Waals surface area contributed by atoms with Gasteiger partial charge in [0.15, 0.2) is 0 Å². The summed E-state index contributed by atoms with van der Waals surface area (Å²) in [7, 11) is 0. The van der Waals surface area contributed by atoms with Crippen molar-refractivity contribution in [2.45, 2.75) is 0 Å². The summed E-state index contributed by atoms with van der Waals surface area (Å²) in [4.78, 5) is 50.4. The van der Waals surface area contributed by atoms with Gasteiger partial charge in [-0.05, 0) is 54.6 Å². The highest BCUT2D eigenvalue weighted by molar-refractivity contribution is 7.21. The van der Waals surface area contributed by atoms with E-state index in [-0.39, 0.29) is 16.9 Å². The molecule has 0 saturated heterocycles. The monoisotopic (exact) mass is 539 g/mol. The molecule has 192 valence electrons. The van der Waals surface area contributed by atoms with Crippen LogP contribution in [-0.4, -0.2) is 26.6 Å². The number of amides is 2. The summed E-state index contributed by atoms with van der Waals surface area (Å²) < 4.78 is 0.826. The van der Waals surface area contributed by atoms with Crippen LogP contribution < -0.4 is 10.6 Å². The van der Waals surface area contributed by atoms with E-state index in [1.165, 1.54) is 59.9 Å². The topological polar surface area (TPSA) is 157 Å². The molecular weight excluding hydrogens is 522 g/mol. The number of rotatable bonds is 7. The second-order valence-corrected chi connectivity index (χ2v) is 9.33. The second-order valence-electron chi connectivity index (χ2n) is 8.30. The molecule has 5 rings (SSSR count). The first-order valence-corrected chi connectivity index (χ1v) is 12.2. The molecule has 0 atom stereocenters. The minimum absolute atomic E-state index is 0.0971. The molecule has 2 amide bonds. The number of carbonyl (C=O) groups is 2. The number of hydrogen-bond donors (Lipinski definition) is 2. The van der Waals surface area contributed by atoms with E-state index < -0.39 is 21.7 Å². The highest BCUT2D eigenvalue weighted by atomic mass is 32.1. The molecule has 2 N–H and O–H groups in total. The van der Waals surface area contributed by atoms with Crippen molar-refractivity contribution in [2.75, 3.05) is 10.6 Å². The summed E-state index contributed by atoms with van der Waals surface area (Å²) in [6.07, 6.45) is 0. The Bertz CT molecular complexity index is 1750. The summed E-state index contributed by atoms with van der Waals surface area (Å²) in [5.41, 5.74) is 2.96. The predicted octanol–water partition coefficient (Wildman–Crippen LogP) is 6.28. The molecule has 0 saturated carbocycles.